The van der Waals surface area contributed by atoms with E-state index < -0.39 is 5.97 Å². The minimum Gasteiger partial charge on any atom is -0.476 e. The molecule has 0 amide bonds. The molecule has 8 heteroatoms. The topological polar surface area (TPSA) is 94.0 Å². The molecule has 1 aliphatic heterocycles. The molecular formula is C12H14N4O3S. The first-order valence-electron chi connectivity index (χ1n) is 6.48. The number of hydrogen-bond donors (Lipinski definition) is 1. The van der Waals surface area contributed by atoms with Gasteiger partial charge in [-0.15, -0.1) is 10.2 Å². The van der Waals surface area contributed by atoms with Gasteiger partial charge in [0.25, 0.3) is 0 Å². The van der Waals surface area contributed by atoms with E-state index >= 15 is 0 Å². The molecular weight excluding hydrogens is 280 g/mol. The zero-order valence-corrected chi connectivity index (χ0v) is 11.6. The van der Waals surface area contributed by atoms with Crippen molar-refractivity contribution in [1.29, 1.82) is 0 Å². The number of carboxylic acid groups (broad SMARTS) is 1. The van der Waals surface area contributed by atoms with Crippen molar-refractivity contribution in [1.82, 2.24) is 19.9 Å². The molecule has 1 N–H and O–H groups in total. The summed E-state index contributed by atoms with van der Waals surface area (Å²) in [6, 6.07) is 1.44. The Labute approximate surface area is 119 Å². The zero-order valence-electron chi connectivity index (χ0n) is 10.8. The molecule has 0 saturated carbocycles. The number of fused-ring (bicyclic) bond motifs is 1. The highest BCUT2D eigenvalue weighted by atomic mass is 32.2. The zero-order chi connectivity index (χ0) is 13.9. The van der Waals surface area contributed by atoms with Crippen molar-refractivity contribution in [2.45, 2.75) is 43.1 Å². The maximum Gasteiger partial charge on any atom is 0.358 e. The van der Waals surface area contributed by atoms with Crippen LogP contribution in [0.15, 0.2) is 15.7 Å². The number of aromatic carboxylic acids is 1. The van der Waals surface area contributed by atoms with Crippen LogP contribution in [0, 0.1) is 0 Å². The van der Waals surface area contributed by atoms with Gasteiger partial charge in [-0.1, -0.05) is 23.3 Å². The standard InChI is InChI=1S/C12H14N4O3S/c17-11(18)9-6-8(19-15-9)7-20-12-14-13-10-4-2-1-3-5-16(10)12/h6H,1-5,7H2,(H,17,18). The molecule has 7 nitrogen and oxygen atoms in total. The van der Waals surface area contributed by atoms with Crippen LogP contribution in [0.3, 0.4) is 0 Å². The van der Waals surface area contributed by atoms with Crippen molar-refractivity contribution in [2.75, 3.05) is 0 Å². The van der Waals surface area contributed by atoms with E-state index in [4.69, 9.17) is 9.63 Å². The van der Waals surface area contributed by atoms with E-state index in [1.807, 2.05) is 0 Å². The summed E-state index contributed by atoms with van der Waals surface area (Å²) in [5.74, 6) is 0.979. The average molecular weight is 294 g/mol. The van der Waals surface area contributed by atoms with Crippen LogP contribution in [0.2, 0.25) is 0 Å². The molecule has 0 bridgehead atoms. The van der Waals surface area contributed by atoms with Crippen molar-refractivity contribution in [3.05, 3.63) is 23.3 Å². The summed E-state index contributed by atoms with van der Waals surface area (Å²) in [4.78, 5) is 10.7. The molecule has 1 aliphatic rings. The Balaban J connectivity index is 1.69. The Morgan fingerprint density at radius 2 is 2.30 bits per heavy atom. The third-order valence-corrected chi connectivity index (χ3v) is 4.19. The number of carboxylic acids is 1. The molecule has 0 atom stereocenters. The molecule has 2 aromatic heterocycles. The van der Waals surface area contributed by atoms with Crippen molar-refractivity contribution >= 4 is 17.7 Å². The molecule has 0 radical (unpaired) electrons. The Hall–Kier alpha value is -1.83. The van der Waals surface area contributed by atoms with E-state index in [2.05, 4.69) is 19.9 Å². The molecule has 0 aliphatic carbocycles. The largest absolute Gasteiger partial charge is 0.476 e. The summed E-state index contributed by atoms with van der Waals surface area (Å²) in [6.07, 6.45) is 4.49. The van der Waals surface area contributed by atoms with Crippen LogP contribution < -0.4 is 0 Å². The first-order valence-corrected chi connectivity index (χ1v) is 7.46. The number of carbonyl (C=O) groups is 1. The van der Waals surface area contributed by atoms with Crippen LogP contribution in [0.4, 0.5) is 0 Å². The van der Waals surface area contributed by atoms with E-state index in [1.165, 1.54) is 24.2 Å². The van der Waals surface area contributed by atoms with Crippen LogP contribution in [0.5, 0.6) is 0 Å². The Morgan fingerprint density at radius 1 is 1.40 bits per heavy atom. The summed E-state index contributed by atoms with van der Waals surface area (Å²) in [7, 11) is 0. The van der Waals surface area contributed by atoms with Gasteiger partial charge < -0.3 is 14.2 Å². The fourth-order valence-corrected chi connectivity index (χ4v) is 3.04. The van der Waals surface area contributed by atoms with Crippen LogP contribution in [-0.4, -0.2) is 31.0 Å². The lowest BCUT2D eigenvalue weighted by molar-refractivity contribution is 0.0685. The molecule has 3 rings (SSSR count). The summed E-state index contributed by atoms with van der Waals surface area (Å²) in [6.45, 7) is 0.946. The third-order valence-electron chi connectivity index (χ3n) is 3.20. The lowest BCUT2D eigenvalue weighted by atomic mass is 10.2. The number of hydrogen-bond acceptors (Lipinski definition) is 6. The monoisotopic (exact) mass is 294 g/mol. The molecule has 0 spiro atoms. The van der Waals surface area contributed by atoms with E-state index in [0.29, 0.717) is 11.5 Å². The smallest absolute Gasteiger partial charge is 0.358 e. The van der Waals surface area contributed by atoms with E-state index in [9.17, 15) is 4.79 Å². The van der Waals surface area contributed by atoms with Crippen LogP contribution in [0.1, 0.15) is 41.3 Å². The van der Waals surface area contributed by atoms with Crippen LogP contribution in [0.25, 0.3) is 0 Å². The van der Waals surface area contributed by atoms with Gasteiger partial charge >= 0.3 is 5.97 Å². The fourth-order valence-electron chi connectivity index (χ4n) is 2.18. The molecule has 106 valence electrons. The highest BCUT2D eigenvalue weighted by Crippen LogP contribution is 2.25. The van der Waals surface area contributed by atoms with Gasteiger partial charge in [0.05, 0.1) is 5.75 Å². The lowest BCUT2D eigenvalue weighted by Gasteiger charge is -2.04. The van der Waals surface area contributed by atoms with Gasteiger partial charge in [0.2, 0.25) is 0 Å². The predicted molar refractivity (Wildman–Crippen MR) is 70.6 cm³/mol. The third kappa shape index (κ3) is 2.69. The maximum absolute atomic E-state index is 10.7. The number of thioether (sulfide) groups is 1. The van der Waals surface area contributed by atoms with Crippen molar-refractivity contribution in [3.63, 3.8) is 0 Å². The highest BCUT2D eigenvalue weighted by molar-refractivity contribution is 7.98. The molecule has 0 saturated heterocycles. The SMILES string of the molecule is O=C(O)c1cc(CSc2nnc3n2CCCCC3)on1. The molecule has 3 heterocycles. The summed E-state index contributed by atoms with van der Waals surface area (Å²) >= 11 is 1.49. The van der Waals surface area contributed by atoms with Crippen LogP contribution in [-0.2, 0) is 18.7 Å². The predicted octanol–water partition coefficient (Wildman–Crippen LogP) is 1.98. The molecule has 0 unspecified atom stereocenters. The number of rotatable bonds is 4. The number of aromatic nitrogens is 4. The van der Waals surface area contributed by atoms with Gasteiger partial charge in [-0.05, 0) is 12.8 Å². The Morgan fingerprint density at radius 3 is 3.10 bits per heavy atom. The fraction of sp³-hybridized carbons (Fsp3) is 0.500. The first-order chi connectivity index (χ1) is 9.74. The van der Waals surface area contributed by atoms with Crippen LogP contribution >= 0.6 is 11.8 Å². The van der Waals surface area contributed by atoms with Gasteiger partial charge in [-0.3, -0.25) is 0 Å². The molecule has 20 heavy (non-hydrogen) atoms. The first kappa shape index (κ1) is 13.2. The quantitative estimate of drug-likeness (QED) is 0.861. The average Bonchev–Trinajstić information content (AvgIpc) is 2.98. The summed E-state index contributed by atoms with van der Waals surface area (Å²) in [5, 5.41) is 21.5. The summed E-state index contributed by atoms with van der Waals surface area (Å²) in [5.41, 5.74) is -0.0688. The number of nitrogens with zero attached hydrogens (tertiary/aromatic N) is 4. The van der Waals surface area contributed by atoms with E-state index in [0.717, 1.165) is 36.8 Å². The van der Waals surface area contributed by atoms with Crippen molar-refractivity contribution in [3.8, 4) is 0 Å². The van der Waals surface area contributed by atoms with Gasteiger partial charge in [0.15, 0.2) is 10.9 Å². The molecule has 0 aromatic carbocycles. The highest BCUT2D eigenvalue weighted by Gasteiger charge is 2.16. The van der Waals surface area contributed by atoms with Crippen molar-refractivity contribution in [2.24, 2.45) is 0 Å². The molecule has 2 aromatic rings. The van der Waals surface area contributed by atoms with Gasteiger partial charge in [-0.25, -0.2) is 4.79 Å². The number of aryl methyl sites for hydroxylation is 1. The Kier molecular flexibility index (Phi) is 3.72. The second-order valence-corrected chi connectivity index (χ2v) is 5.58. The van der Waals surface area contributed by atoms with E-state index in [-0.39, 0.29) is 5.69 Å². The van der Waals surface area contributed by atoms with Gasteiger partial charge in [-0.2, -0.15) is 0 Å². The Bertz CT molecular complexity index is 622. The molecule has 0 fully saturated rings. The van der Waals surface area contributed by atoms with Gasteiger partial charge in [0, 0.05) is 19.0 Å². The normalized spacial score (nSPS) is 14.8. The minimum atomic E-state index is -1.08. The summed E-state index contributed by atoms with van der Waals surface area (Å²) < 4.78 is 7.13. The maximum atomic E-state index is 10.7. The van der Waals surface area contributed by atoms with Gasteiger partial charge in [0.1, 0.15) is 11.6 Å². The van der Waals surface area contributed by atoms with E-state index in [1.54, 1.807) is 0 Å². The van der Waals surface area contributed by atoms with Crippen molar-refractivity contribution < 1.29 is 14.4 Å². The second-order valence-electron chi connectivity index (χ2n) is 4.63. The lowest BCUT2D eigenvalue weighted by Crippen LogP contribution is -2.02. The minimum absolute atomic E-state index is 0.0688. The second kappa shape index (κ2) is 5.66.